The molecule has 1 heterocycles. The molecule has 2 aromatic carbocycles. The van der Waals surface area contributed by atoms with Crippen molar-refractivity contribution in [3.8, 4) is 0 Å². The minimum atomic E-state index is -0.166. The van der Waals surface area contributed by atoms with Gasteiger partial charge in [-0.15, -0.1) is 12.4 Å². The monoisotopic (exact) mass is 427 g/mol. The number of carbonyl (C=O) groups excluding carboxylic acids is 2. The molecule has 1 aliphatic heterocycles. The summed E-state index contributed by atoms with van der Waals surface area (Å²) >= 11 is 0. The maximum absolute atomic E-state index is 13.0. The normalized spacial score (nSPS) is 16.6. The van der Waals surface area contributed by atoms with Crippen LogP contribution in [0.5, 0.6) is 0 Å². The molecule has 0 aromatic heterocycles. The van der Waals surface area contributed by atoms with Crippen molar-refractivity contribution in [2.75, 3.05) is 25.0 Å². The zero-order valence-electron chi connectivity index (χ0n) is 17.4. The van der Waals surface area contributed by atoms with Crippen molar-refractivity contribution in [1.82, 2.24) is 10.2 Å². The summed E-state index contributed by atoms with van der Waals surface area (Å²) < 4.78 is 0. The lowest BCUT2D eigenvalue weighted by molar-refractivity contribution is 0.0704. The molecule has 160 valence electrons. The van der Waals surface area contributed by atoms with Crippen molar-refractivity contribution in [2.45, 2.75) is 38.6 Å². The highest BCUT2D eigenvalue weighted by Gasteiger charge is 2.26. The fourth-order valence-electron chi connectivity index (χ4n) is 3.80. The van der Waals surface area contributed by atoms with Crippen LogP contribution in [0, 0.1) is 12.8 Å². The van der Waals surface area contributed by atoms with Crippen molar-refractivity contribution in [2.24, 2.45) is 5.92 Å². The van der Waals surface area contributed by atoms with Crippen LogP contribution in [0.4, 0.5) is 5.69 Å². The highest BCUT2D eigenvalue weighted by molar-refractivity contribution is 6.05. The zero-order valence-corrected chi connectivity index (χ0v) is 18.2. The van der Waals surface area contributed by atoms with Crippen LogP contribution in [-0.2, 0) is 0 Å². The van der Waals surface area contributed by atoms with Crippen LogP contribution in [0.25, 0.3) is 0 Å². The molecule has 30 heavy (non-hydrogen) atoms. The first-order chi connectivity index (χ1) is 14.1. The summed E-state index contributed by atoms with van der Waals surface area (Å²) in [7, 11) is 0. The Morgan fingerprint density at radius 3 is 2.33 bits per heavy atom. The third-order valence-electron chi connectivity index (χ3n) is 5.94. The SMILES string of the molecule is Cc1ccc(C(=O)N2CCC(NCC3CC3)CC2)cc1NC(=O)c1ccccc1.Cl. The standard InChI is InChI=1S/C24H29N3O2.ClH/c1-17-7-10-20(15-22(17)26-23(28)19-5-3-2-4-6-19)24(29)27-13-11-21(12-14-27)25-16-18-8-9-18;/h2-7,10,15,18,21,25H,8-9,11-14,16H2,1H3,(H,26,28);1H. The van der Waals surface area contributed by atoms with E-state index in [0.29, 0.717) is 22.9 Å². The number of nitrogens with one attached hydrogen (secondary N) is 2. The molecule has 1 saturated heterocycles. The quantitative estimate of drug-likeness (QED) is 0.723. The topological polar surface area (TPSA) is 61.4 Å². The van der Waals surface area contributed by atoms with Crippen LogP contribution in [0.3, 0.4) is 0 Å². The zero-order chi connectivity index (χ0) is 20.2. The number of aryl methyl sites for hydroxylation is 1. The maximum Gasteiger partial charge on any atom is 0.255 e. The Hall–Kier alpha value is -2.37. The van der Waals surface area contributed by atoms with Gasteiger partial charge in [0.15, 0.2) is 0 Å². The van der Waals surface area contributed by atoms with Gasteiger partial charge in [0.2, 0.25) is 0 Å². The predicted molar refractivity (Wildman–Crippen MR) is 122 cm³/mol. The first-order valence-electron chi connectivity index (χ1n) is 10.6. The number of carbonyl (C=O) groups is 2. The van der Waals surface area contributed by atoms with Gasteiger partial charge in [-0.1, -0.05) is 24.3 Å². The minimum Gasteiger partial charge on any atom is -0.339 e. The molecule has 0 atom stereocenters. The Bertz CT molecular complexity index is 875. The van der Waals surface area contributed by atoms with E-state index < -0.39 is 0 Å². The second kappa shape index (κ2) is 10.1. The third-order valence-corrected chi connectivity index (χ3v) is 5.94. The Labute approximate surface area is 184 Å². The molecule has 0 unspecified atom stereocenters. The first kappa shape index (κ1) is 22.3. The first-order valence-corrected chi connectivity index (χ1v) is 10.6. The van der Waals surface area contributed by atoms with Gasteiger partial charge in [0.05, 0.1) is 0 Å². The Morgan fingerprint density at radius 2 is 1.67 bits per heavy atom. The Kier molecular flexibility index (Phi) is 7.51. The number of halogens is 1. The van der Waals surface area contributed by atoms with Gasteiger partial charge in [-0.3, -0.25) is 9.59 Å². The molecule has 1 aliphatic carbocycles. The van der Waals surface area contributed by atoms with Crippen molar-refractivity contribution in [3.05, 3.63) is 65.2 Å². The second-order valence-electron chi connectivity index (χ2n) is 8.27. The van der Waals surface area contributed by atoms with Gasteiger partial charge in [0.1, 0.15) is 0 Å². The van der Waals surface area contributed by atoms with E-state index in [9.17, 15) is 9.59 Å². The van der Waals surface area contributed by atoms with Gasteiger partial charge in [0, 0.05) is 35.9 Å². The fraction of sp³-hybridized carbons (Fsp3) is 0.417. The molecule has 2 fully saturated rings. The van der Waals surface area contributed by atoms with Gasteiger partial charge in [0.25, 0.3) is 11.8 Å². The van der Waals surface area contributed by atoms with Crippen LogP contribution in [0.2, 0.25) is 0 Å². The largest absolute Gasteiger partial charge is 0.339 e. The van der Waals surface area contributed by atoms with E-state index in [4.69, 9.17) is 0 Å². The Morgan fingerprint density at radius 1 is 0.967 bits per heavy atom. The molecule has 5 nitrogen and oxygen atoms in total. The van der Waals surface area contributed by atoms with Crippen LogP contribution < -0.4 is 10.6 Å². The summed E-state index contributed by atoms with van der Waals surface area (Å²) in [5.41, 5.74) is 2.85. The molecular formula is C24H30ClN3O2. The summed E-state index contributed by atoms with van der Waals surface area (Å²) in [5, 5.41) is 6.60. The summed E-state index contributed by atoms with van der Waals surface area (Å²) in [6.45, 7) is 4.62. The molecule has 2 aliphatic rings. The van der Waals surface area contributed by atoms with E-state index in [1.807, 2.05) is 42.2 Å². The van der Waals surface area contributed by atoms with Crippen LogP contribution in [0.1, 0.15) is 52.0 Å². The number of piperidine rings is 1. The van der Waals surface area contributed by atoms with Crippen LogP contribution in [0.15, 0.2) is 48.5 Å². The second-order valence-corrected chi connectivity index (χ2v) is 8.27. The van der Waals surface area contributed by atoms with Gasteiger partial charge in [-0.05, 0) is 74.9 Å². The van der Waals surface area contributed by atoms with E-state index >= 15 is 0 Å². The minimum absolute atomic E-state index is 0. The van der Waals surface area contributed by atoms with Gasteiger partial charge in [-0.25, -0.2) is 0 Å². The smallest absolute Gasteiger partial charge is 0.255 e. The average molecular weight is 428 g/mol. The molecule has 4 rings (SSSR count). The number of amides is 2. The number of hydrogen-bond acceptors (Lipinski definition) is 3. The fourth-order valence-corrected chi connectivity index (χ4v) is 3.80. The van der Waals surface area contributed by atoms with E-state index in [2.05, 4.69) is 10.6 Å². The Balaban J connectivity index is 0.00000256. The molecule has 2 N–H and O–H groups in total. The lowest BCUT2D eigenvalue weighted by Crippen LogP contribution is -2.45. The predicted octanol–water partition coefficient (Wildman–Crippen LogP) is 4.27. The molecule has 6 heteroatoms. The number of hydrogen-bond donors (Lipinski definition) is 2. The number of benzene rings is 2. The highest BCUT2D eigenvalue weighted by atomic mass is 35.5. The molecule has 0 radical (unpaired) electrons. The molecule has 1 saturated carbocycles. The number of nitrogens with zero attached hydrogens (tertiary/aromatic N) is 1. The lowest BCUT2D eigenvalue weighted by Gasteiger charge is -2.32. The van der Waals surface area contributed by atoms with Crippen LogP contribution >= 0.6 is 12.4 Å². The summed E-state index contributed by atoms with van der Waals surface area (Å²) in [5.74, 6) is 0.758. The van der Waals surface area contributed by atoms with Crippen molar-refractivity contribution in [1.29, 1.82) is 0 Å². The van der Waals surface area contributed by atoms with E-state index in [1.54, 1.807) is 18.2 Å². The molecule has 0 bridgehead atoms. The van der Waals surface area contributed by atoms with Gasteiger partial charge < -0.3 is 15.5 Å². The summed E-state index contributed by atoms with van der Waals surface area (Å²) in [6, 6.07) is 15.2. The molecule has 2 aromatic rings. The van der Waals surface area contributed by atoms with Crippen molar-refractivity contribution >= 4 is 29.9 Å². The number of anilines is 1. The van der Waals surface area contributed by atoms with Crippen molar-refractivity contribution < 1.29 is 9.59 Å². The maximum atomic E-state index is 13.0. The van der Waals surface area contributed by atoms with Gasteiger partial charge >= 0.3 is 0 Å². The third kappa shape index (κ3) is 5.61. The molecular weight excluding hydrogens is 398 g/mol. The highest BCUT2D eigenvalue weighted by Crippen LogP contribution is 2.28. The number of rotatable bonds is 6. The van der Waals surface area contributed by atoms with E-state index in [1.165, 1.54) is 12.8 Å². The van der Waals surface area contributed by atoms with E-state index in [-0.39, 0.29) is 24.2 Å². The van der Waals surface area contributed by atoms with E-state index in [0.717, 1.165) is 44.0 Å². The summed E-state index contributed by atoms with van der Waals surface area (Å²) in [4.78, 5) is 27.4. The molecule has 2 amide bonds. The average Bonchev–Trinajstić information content (AvgIpc) is 3.59. The molecule has 0 spiro atoms. The lowest BCUT2D eigenvalue weighted by atomic mass is 10.0. The summed E-state index contributed by atoms with van der Waals surface area (Å²) in [6.07, 6.45) is 4.73. The van der Waals surface area contributed by atoms with Crippen molar-refractivity contribution in [3.63, 3.8) is 0 Å². The van der Waals surface area contributed by atoms with Gasteiger partial charge in [-0.2, -0.15) is 0 Å². The van der Waals surface area contributed by atoms with Crippen LogP contribution in [-0.4, -0.2) is 42.4 Å². The number of likely N-dealkylation sites (tertiary alicyclic amines) is 1.